The zero-order chi connectivity index (χ0) is 19.8. The SMILES string of the molecule is C=CC.CN/C=C1/CC2C(CC(CSCC(=O)P)CN2C)c2ccccc21. The van der Waals surface area contributed by atoms with Crippen molar-refractivity contribution >= 4 is 32.1 Å². The third-order valence-electron chi connectivity index (χ3n) is 5.22. The maximum Gasteiger partial charge on any atom is 0.158 e. The molecule has 0 spiro atoms. The monoisotopic (exact) mass is 404 g/mol. The molecule has 148 valence electrons. The molecule has 1 aromatic rings. The summed E-state index contributed by atoms with van der Waals surface area (Å²) in [6.45, 7) is 6.38. The number of likely N-dealkylation sites (tertiary alicyclic amines) is 1. The Balaban J connectivity index is 0.000000817. The number of thioether (sulfide) groups is 1. The number of nitrogens with one attached hydrogen (secondary N) is 1. The van der Waals surface area contributed by atoms with Gasteiger partial charge in [-0.1, -0.05) is 39.6 Å². The Hall–Kier alpha value is -1.09. The summed E-state index contributed by atoms with van der Waals surface area (Å²) in [5.74, 6) is 2.96. The summed E-state index contributed by atoms with van der Waals surface area (Å²) >= 11 is 1.78. The average molecular weight is 405 g/mol. The molecular weight excluding hydrogens is 371 g/mol. The molecular formula is C22H33N2OPS. The van der Waals surface area contributed by atoms with Crippen LogP contribution in [0, 0.1) is 5.92 Å². The Labute approximate surface area is 171 Å². The second kappa shape index (κ2) is 11.0. The zero-order valence-corrected chi connectivity index (χ0v) is 18.8. The van der Waals surface area contributed by atoms with Gasteiger partial charge in [0.25, 0.3) is 0 Å². The molecule has 3 rings (SSSR count). The lowest BCUT2D eigenvalue weighted by Crippen LogP contribution is -2.47. The van der Waals surface area contributed by atoms with E-state index in [0.29, 0.717) is 23.6 Å². The second-order valence-corrected chi connectivity index (χ2v) is 9.03. The lowest BCUT2D eigenvalue weighted by atomic mass is 9.70. The van der Waals surface area contributed by atoms with Crippen molar-refractivity contribution in [1.82, 2.24) is 10.2 Å². The number of piperidine rings is 1. The minimum atomic E-state index is 0.201. The molecule has 1 heterocycles. The first kappa shape index (κ1) is 22.2. The lowest BCUT2D eigenvalue weighted by Gasteiger charge is -2.47. The third-order valence-corrected chi connectivity index (χ3v) is 6.91. The molecule has 1 saturated heterocycles. The van der Waals surface area contributed by atoms with Gasteiger partial charge in [-0.2, -0.15) is 11.8 Å². The Bertz CT molecular complexity index is 676. The van der Waals surface area contributed by atoms with Gasteiger partial charge in [0.2, 0.25) is 0 Å². The largest absolute Gasteiger partial charge is 0.394 e. The smallest absolute Gasteiger partial charge is 0.158 e. The van der Waals surface area contributed by atoms with Crippen molar-refractivity contribution in [3.63, 3.8) is 0 Å². The number of allylic oxidation sites excluding steroid dienone is 1. The molecule has 0 amide bonds. The first-order chi connectivity index (χ1) is 13.0. The van der Waals surface area contributed by atoms with E-state index < -0.39 is 0 Å². The maximum absolute atomic E-state index is 11.2. The third kappa shape index (κ3) is 5.94. The number of carbonyl (C=O) groups is 1. The van der Waals surface area contributed by atoms with Crippen LogP contribution >= 0.6 is 21.0 Å². The Kier molecular flexibility index (Phi) is 9.08. The van der Waals surface area contributed by atoms with Crippen molar-refractivity contribution in [3.8, 4) is 0 Å². The summed E-state index contributed by atoms with van der Waals surface area (Å²) in [7, 11) is 6.52. The Morgan fingerprint density at radius 3 is 2.81 bits per heavy atom. The van der Waals surface area contributed by atoms with Gasteiger partial charge in [0.05, 0.1) is 5.75 Å². The number of rotatable bonds is 5. The highest BCUT2D eigenvalue weighted by atomic mass is 32.2. The molecule has 27 heavy (non-hydrogen) atoms. The van der Waals surface area contributed by atoms with Crippen LogP contribution in [0.15, 0.2) is 43.1 Å². The molecule has 5 heteroatoms. The molecule has 1 aliphatic carbocycles. The van der Waals surface area contributed by atoms with Crippen LogP contribution in [0.1, 0.15) is 36.8 Å². The van der Waals surface area contributed by atoms with Gasteiger partial charge in [-0.05, 0) is 55.2 Å². The normalized spacial score (nSPS) is 25.6. The van der Waals surface area contributed by atoms with Crippen LogP contribution in [-0.2, 0) is 4.79 Å². The van der Waals surface area contributed by atoms with E-state index in [9.17, 15) is 4.79 Å². The first-order valence-electron chi connectivity index (χ1n) is 9.60. The molecule has 1 N–H and O–H groups in total. The first-order valence-corrected chi connectivity index (χ1v) is 11.3. The van der Waals surface area contributed by atoms with Crippen LogP contribution in [0.3, 0.4) is 0 Å². The molecule has 1 aromatic carbocycles. The van der Waals surface area contributed by atoms with Gasteiger partial charge in [0.1, 0.15) is 0 Å². The van der Waals surface area contributed by atoms with Crippen molar-refractivity contribution in [2.75, 3.05) is 32.1 Å². The van der Waals surface area contributed by atoms with E-state index in [-0.39, 0.29) is 5.52 Å². The predicted octanol–water partition coefficient (Wildman–Crippen LogP) is 4.38. The average Bonchev–Trinajstić information content (AvgIpc) is 2.63. The summed E-state index contributed by atoms with van der Waals surface area (Å²) in [5, 5.41) is 3.22. The molecule has 1 aliphatic heterocycles. The summed E-state index contributed by atoms with van der Waals surface area (Å²) < 4.78 is 0. The van der Waals surface area contributed by atoms with Gasteiger partial charge in [-0.3, -0.25) is 4.79 Å². The van der Waals surface area contributed by atoms with Crippen molar-refractivity contribution in [1.29, 1.82) is 0 Å². The lowest BCUT2D eigenvalue weighted by molar-refractivity contribution is -0.108. The van der Waals surface area contributed by atoms with E-state index in [2.05, 4.69) is 63.5 Å². The standard InChI is InChI=1S/C19H27N2OPS.C3H6/c1-20-9-14-8-18-17(16-6-4-3-5-15(14)16)7-13(10-21(18)2)11-24-12-19(22)23;1-3-2/h3-6,9,13,17-18,20H,7-8,10-12,23H2,1-2H3;3H,1H2,2H3/b14-9-;. The van der Waals surface area contributed by atoms with Gasteiger partial charge in [0.15, 0.2) is 5.52 Å². The van der Waals surface area contributed by atoms with Gasteiger partial charge in [-0.25, -0.2) is 0 Å². The van der Waals surface area contributed by atoms with Gasteiger partial charge >= 0.3 is 0 Å². The molecule has 1 fully saturated rings. The topological polar surface area (TPSA) is 32.3 Å². The Morgan fingerprint density at radius 1 is 1.44 bits per heavy atom. The van der Waals surface area contributed by atoms with Crippen LogP contribution in [0.25, 0.3) is 5.57 Å². The van der Waals surface area contributed by atoms with E-state index >= 15 is 0 Å². The number of hydrogen-bond acceptors (Lipinski definition) is 4. The summed E-state index contributed by atoms with van der Waals surface area (Å²) in [6.07, 6.45) is 6.26. The highest BCUT2D eigenvalue weighted by Crippen LogP contribution is 2.46. The number of carbonyl (C=O) groups excluding carboxylic acids is 1. The van der Waals surface area contributed by atoms with E-state index in [0.717, 1.165) is 18.7 Å². The van der Waals surface area contributed by atoms with Crippen molar-refractivity contribution in [2.45, 2.75) is 31.7 Å². The molecule has 0 radical (unpaired) electrons. The number of likely N-dealkylation sites (N-methyl/N-ethyl adjacent to an activating group) is 1. The van der Waals surface area contributed by atoms with Crippen LogP contribution in [0.5, 0.6) is 0 Å². The fourth-order valence-electron chi connectivity index (χ4n) is 4.28. The quantitative estimate of drug-likeness (QED) is 0.583. The fraction of sp³-hybridized carbons (Fsp3) is 0.500. The summed E-state index contributed by atoms with van der Waals surface area (Å²) in [4.78, 5) is 13.7. The molecule has 4 atom stereocenters. The maximum atomic E-state index is 11.2. The molecule has 4 unspecified atom stereocenters. The summed E-state index contributed by atoms with van der Waals surface area (Å²) in [6, 6.07) is 9.48. The summed E-state index contributed by atoms with van der Waals surface area (Å²) in [5.41, 5.74) is 4.53. The van der Waals surface area contributed by atoms with Crippen LogP contribution in [0.2, 0.25) is 0 Å². The van der Waals surface area contributed by atoms with E-state index in [1.165, 1.54) is 23.1 Å². The molecule has 0 bridgehead atoms. The second-order valence-electron chi connectivity index (χ2n) is 7.35. The zero-order valence-electron chi connectivity index (χ0n) is 16.8. The van der Waals surface area contributed by atoms with Crippen LogP contribution in [-0.4, -0.2) is 48.6 Å². The van der Waals surface area contributed by atoms with Gasteiger partial charge in [-0.15, -0.1) is 6.58 Å². The highest BCUT2D eigenvalue weighted by Gasteiger charge is 2.39. The van der Waals surface area contributed by atoms with Crippen LogP contribution < -0.4 is 5.32 Å². The number of benzene rings is 1. The number of hydrogen-bond donors (Lipinski definition) is 1. The van der Waals surface area contributed by atoms with E-state index in [4.69, 9.17) is 0 Å². The van der Waals surface area contributed by atoms with Crippen LogP contribution in [0.4, 0.5) is 0 Å². The van der Waals surface area contributed by atoms with E-state index in [1.54, 1.807) is 17.8 Å². The van der Waals surface area contributed by atoms with Gasteiger partial charge in [0, 0.05) is 31.8 Å². The minimum absolute atomic E-state index is 0.201. The Morgan fingerprint density at radius 2 is 2.15 bits per heavy atom. The highest BCUT2D eigenvalue weighted by molar-refractivity contribution is 8.00. The van der Waals surface area contributed by atoms with E-state index in [1.807, 2.05) is 14.0 Å². The minimum Gasteiger partial charge on any atom is -0.394 e. The number of fused-ring (bicyclic) bond motifs is 3. The van der Waals surface area contributed by atoms with Crippen molar-refractivity contribution in [2.24, 2.45) is 5.92 Å². The molecule has 0 saturated carbocycles. The molecule has 2 aliphatic rings. The van der Waals surface area contributed by atoms with Gasteiger partial charge < -0.3 is 10.2 Å². The van der Waals surface area contributed by atoms with Crippen molar-refractivity contribution in [3.05, 3.63) is 54.2 Å². The molecule has 3 nitrogen and oxygen atoms in total. The van der Waals surface area contributed by atoms with Crippen molar-refractivity contribution < 1.29 is 4.79 Å². The predicted molar refractivity (Wildman–Crippen MR) is 123 cm³/mol. The number of nitrogens with zero attached hydrogens (tertiary/aromatic N) is 1. The molecule has 0 aromatic heterocycles. The fourth-order valence-corrected chi connectivity index (χ4v) is 5.53.